The molecule has 0 aliphatic carbocycles. The van der Waals surface area contributed by atoms with Crippen LogP contribution in [0.2, 0.25) is 0 Å². The molecule has 1 unspecified atom stereocenters. The van der Waals surface area contributed by atoms with E-state index in [4.69, 9.17) is 15.2 Å². The fraction of sp³-hybridized carbons (Fsp3) is 0.692. The molecule has 398 valence electrons. The van der Waals surface area contributed by atoms with Gasteiger partial charge in [0.15, 0.2) is 0 Å². The molecule has 71 heavy (non-hydrogen) atoms. The normalized spacial score (nSPS) is 17.5. The number of likely N-dealkylation sites (tertiary alicyclic amines) is 1. The zero-order valence-electron chi connectivity index (χ0n) is 44.4. The maximum absolute atomic E-state index is 14.7. The molecule has 10 atom stereocenters. The van der Waals surface area contributed by atoms with Crippen LogP contribution in [0.15, 0.2) is 41.9 Å². The molecule has 2 heterocycles. The summed E-state index contributed by atoms with van der Waals surface area (Å²) in [7, 11) is 6.30. The van der Waals surface area contributed by atoms with E-state index in [0.717, 1.165) is 17.0 Å². The number of ether oxygens (including phenoxy) is 2. The summed E-state index contributed by atoms with van der Waals surface area (Å²) >= 11 is 1.48. The Kier molecular flexibility index (Phi) is 25.6. The van der Waals surface area contributed by atoms with Crippen molar-refractivity contribution >= 4 is 52.7 Å². The molecular formula is C52H85N9O9S. The van der Waals surface area contributed by atoms with Crippen molar-refractivity contribution in [3.05, 3.63) is 52.5 Å². The Morgan fingerprint density at radius 2 is 1.58 bits per heavy atom. The lowest BCUT2D eigenvalue weighted by Gasteiger charge is -2.41. The van der Waals surface area contributed by atoms with Gasteiger partial charge in [-0.3, -0.25) is 33.6 Å². The number of methoxy groups -OCH3 is 2. The number of unbranched alkanes of at least 4 members (excludes halogenated alkanes) is 1. The predicted molar refractivity (Wildman–Crippen MR) is 276 cm³/mol. The molecule has 7 amide bonds. The summed E-state index contributed by atoms with van der Waals surface area (Å²) in [6.07, 6.45) is 4.62. The quantitative estimate of drug-likeness (QED) is 0.0695. The number of rotatable bonds is 30. The number of thiazole rings is 1. The van der Waals surface area contributed by atoms with Gasteiger partial charge in [-0.2, -0.15) is 0 Å². The first-order chi connectivity index (χ1) is 33.7. The van der Waals surface area contributed by atoms with Gasteiger partial charge in [-0.25, -0.2) is 4.98 Å². The second kappa shape index (κ2) is 30.1. The van der Waals surface area contributed by atoms with Crippen molar-refractivity contribution in [1.82, 2.24) is 41.0 Å². The van der Waals surface area contributed by atoms with E-state index in [1.807, 2.05) is 84.2 Å². The minimum atomic E-state index is -0.984. The van der Waals surface area contributed by atoms with Crippen LogP contribution in [0.25, 0.3) is 0 Å². The van der Waals surface area contributed by atoms with Crippen molar-refractivity contribution in [2.24, 2.45) is 29.4 Å². The molecule has 1 fully saturated rings. The van der Waals surface area contributed by atoms with E-state index in [1.54, 1.807) is 30.2 Å². The molecule has 1 aliphatic heterocycles. The van der Waals surface area contributed by atoms with Crippen LogP contribution >= 0.6 is 11.3 Å². The van der Waals surface area contributed by atoms with Crippen molar-refractivity contribution in [2.75, 3.05) is 47.9 Å². The maximum atomic E-state index is 14.7. The minimum Gasteiger partial charge on any atom is -0.379 e. The molecule has 2 aromatic rings. The Labute approximate surface area is 426 Å². The number of benzene rings is 1. The number of nitrogens with one attached hydrogen (secondary N) is 4. The Morgan fingerprint density at radius 1 is 0.887 bits per heavy atom. The van der Waals surface area contributed by atoms with Crippen LogP contribution in [0.1, 0.15) is 123 Å². The van der Waals surface area contributed by atoms with Gasteiger partial charge >= 0.3 is 0 Å². The second-order valence-electron chi connectivity index (χ2n) is 19.7. The summed E-state index contributed by atoms with van der Waals surface area (Å²) in [6, 6.07) is 5.95. The minimum absolute atomic E-state index is 0.00843. The van der Waals surface area contributed by atoms with Crippen LogP contribution in [0, 0.1) is 23.7 Å². The van der Waals surface area contributed by atoms with Gasteiger partial charge in [0, 0.05) is 66.3 Å². The van der Waals surface area contributed by atoms with E-state index >= 15 is 0 Å². The topological polar surface area (TPSA) is 235 Å². The van der Waals surface area contributed by atoms with Crippen LogP contribution in [-0.2, 0) is 49.5 Å². The number of amides is 7. The van der Waals surface area contributed by atoms with Crippen LogP contribution in [0.4, 0.5) is 0 Å². The standard InChI is InChI=1S/C52H85N9O9S/c1-13-34(6)46(60(10)52(68)44(32(2)3)58-50(67)45(33(4)5)59(9)42(63)24-26-54-49(66)38(56-36(8)62)22-17-18-25-53)41(69-11)31-43(64)61-28-19-23-40(61)47(70-12)35(7)48(65)57-39(51-55-27-29-71-51)30-37-20-15-14-16-21-37/h14-16,20-21,27,29,32-35,38-41,44-47H,13,17-19,22-26,28,30-31,53H2,1-12H3,(H,54,66)(H,56,62)(H,57,65)(H,58,67)/t34-,35+,38-,39-,40-,41+,44-,45?,46-,47+/m0/s1. The molecule has 0 bridgehead atoms. The maximum Gasteiger partial charge on any atom is 0.245 e. The number of hydrogen-bond donors (Lipinski definition) is 5. The molecule has 0 radical (unpaired) electrons. The highest BCUT2D eigenvalue weighted by Crippen LogP contribution is 2.31. The van der Waals surface area contributed by atoms with E-state index in [-0.39, 0.29) is 78.8 Å². The summed E-state index contributed by atoms with van der Waals surface area (Å²) in [5, 5.41) is 14.3. The number of hydrogen-bond acceptors (Lipinski definition) is 12. The molecule has 1 aromatic heterocycles. The average Bonchev–Trinajstić information content (AvgIpc) is 4.06. The summed E-state index contributed by atoms with van der Waals surface area (Å²) in [5.74, 6) is -3.82. The number of nitrogens with two attached hydrogens (primary N) is 1. The molecule has 1 saturated heterocycles. The van der Waals surface area contributed by atoms with Gasteiger partial charge in [-0.05, 0) is 68.4 Å². The smallest absolute Gasteiger partial charge is 0.245 e. The molecule has 6 N–H and O–H groups in total. The van der Waals surface area contributed by atoms with Crippen LogP contribution in [0.3, 0.4) is 0 Å². The van der Waals surface area contributed by atoms with Gasteiger partial charge in [0.25, 0.3) is 0 Å². The second-order valence-corrected chi connectivity index (χ2v) is 20.6. The summed E-state index contributed by atoms with van der Waals surface area (Å²) in [5.41, 5.74) is 6.66. The van der Waals surface area contributed by atoms with Gasteiger partial charge in [-0.15, -0.1) is 11.3 Å². The molecule has 1 aromatic carbocycles. The number of carbonyl (C=O) groups is 7. The number of nitrogens with zero attached hydrogens (tertiary/aromatic N) is 4. The molecule has 19 heteroatoms. The molecule has 18 nitrogen and oxygen atoms in total. The van der Waals surface area contributed by atoms with Crippen molar-refractivity contribution in [3.63, 3.8) is 0 Å². The molecule has 3 rings (SSSR count). The molecule has 0 saturated carbocycles. The lowest BCUT2D eigenvalue weighted by Crippen LogP contribution is -2.60. The SMILES string of the molecule is CC[C@H](C)[C@@H]([C@@H](CC(=O)N1CCC[C@H]1[C@H](OC)[C@@H](C)C(=O)N[C@@H](Cc1ccccc1)c1nccs1)OC)N(C)C(=O)[C@@H](NC(=O)C(C(C)C)N(C)C(=O)CCNC(=O)[C@H](CCCCN)NC(C)=O)C(C)C. The van der Waals surface area contributed by atoms with Gasteiger partial charge in [0.1, 0.15) is 23.1 Å². The van der Waals surface area contributed by atoms with Gasteiger partial charge in [0.2, 0.25) is 41.4 Å². The third-order valence-corrected chi connectivity index (χ3v) is 14.7. The average molecular weight is 1010 g/mol. The first-order valence-corrected chi connectivity index (χ1v) is 26.3. The summed E-state index contributed by atoms with van der Waals surface area (Å²) in [4.78, 5) is 105. The summed E-state index contributed by atoms with van der Waals surface area (Å²) < 4.78 is 12.1. The van der Waals surface area contributed by atoms with Gasteiger partial charge in [-0.1, -0.05) is 85.2 Å². The highest BCUT2D eigenvalue weighted by Gasteiger charge is 2.44. The van der Waals surface area contributed by atoms with Crippen molar-refractivity contribution in [2.45, 2.75) is 162 Å². The molecular weight excluding hydrogens is 927 g/mol. The Bertz CT molecular complexity index is 1990. The van der Waals surface area contributed by atoms with E-state index in [1.165, 1.54) is 37.3 Å². The van der Waals surface area contributed by atoms with Crippen molar-refractivity contribution in [1.29, 1.82) is 0 Å². The van der Waals surface area contributed by atoms with Crippen LogP contribution < -0.4 is 27.0 Å². The van der Waals surface area contributed by atoms with Crippen molar-refractivity contribution in [3.8, 4) is 0 Å². The van der Waals surface area contributed by atoms with E-state index in [0.29, 0.717) is 51.6 Å². The van der Waals surface area contributed by atoms with Crippen LogP contribution in [-0.4, -0.2) is 151 Å². The lowest BCUT2D eigenvalue weighted by molar-refractivity contribution is -0.148. The zero-order valence-corrected chi connectivity index (χ0v) is 45.2. The largest absolute Gasteiger partial charge is 0.379 e. The highest BCUT2D eigenvalue weighted by molar-refractivity contribution is 7.09. The molecule has 0 spiro atoms. The predicted octanol–water partition coefficient (Wildman–Crippen LogP) is 4.23. The lowest BCUT2D eigenvalue weighted by atomic mass is 9.89. The van der Waals surface area contributed by atoms with Gasteiger partial charge < -0.3 is 51.2 Å². The van der Waals surface area contributed by atoms with Gasteiger partial charge in [0.05, 0.1) is 42.7 Å². The fourth-order valence-corrected chi connectivity index (χ4v) is 10.4. The third kappa shape index (κ3) is 17.6. The number of carbonyl (C=O) groups excluding carboxylic acids is 7. The molecule has 1 aliphatic rings. The van der Waals surface area contributed by atoms with E-state index in [2.05, 4.69) is 26.3 Å². The summed E-state index contributed by atoms with van der Waals surface area (Å²) in [6.45, 7) is 15.4. The first kappa shape index (κ1) is 60.3. The zero-order chi connectivity index (χ0) is 52.9. The Balaban J connectivity index is 1.74. The van der Waals surface area contributed by atoms with E-state index in [9.17, 15) is 33.6 Å². The van der Waals surface area contributed by atoms with Crippen LogP contribution in [0.5, 0.6) is 0 Å². The number of likely N-dealkylation sites (N-methyl/N-ethyl adjacent to an activating group) is 2. The highest BCUT2D eigenvalue weighted by atomic mass is 32.1. The first-order valence-electron chi connectivity index (χ1n) is 25.4. The van der Waals surface area contributed by atoms with E-state index < -0.39 is 54.1 Å². The monoisotopic (exact) mass is 1010 g/mol. The van der Waals surface area contributed by atoms with Crippen molar-refractivity contribution < 1.29 is 43.0 Å². The third-order valence-electron chi connectivity index (χ3n) is 13.8. The number of aromatic nitrogens is 1. The fourth-order valence-electron chi connectivity index (χ4n) is 9.72. The Morgan fingerprint density at radius 3 is 2.14 bits per heavy atom. The Hall–Kier alpha value is -4.98.